The molecule has 0 radical (unpaired) electrons. The Morgan fingerprint density at radius 2 is 1.95 bits per heavy atom. The predicted octanol–water partition coefficient (Wildman–Crippen LogP) is 2.75. The third kappa shape index (κ3) is 2.07. The smallest absolute Gasteiger partial charge is 0.205 e. The van der Waals surface area contributed by atoms with Crippen LogP contribution in [0.15, 0.2) is 53.9 Å². The monoisotopic (exact) mass is 282 g/mol. The maximum atomic E-state index is 14.1. The average molecular weight is 282 g/mol. The Hall–Kier alpha value is -3.00. The molecule has 4 nitrogen and oxygen atoms in total. The second kappa shape index (κ2) is 4.84. The molecule has 1 aliphatic rings. The van der Waals surface area contributed by atoms with Crippen LogP contribution < -0.4 is 10.5 Å². The SMILES string of the molecule is N#CC1=C(N)Oc2cc(O)ccc2C1c1ccccc1F. The topological polar surface area (TPSA) is 79.3 Å². The lowest BCUT2D eigenvalue weighted by atomic mass is 9.83. The summed E-state index contributed by atoms with van der Waals surface area (Å²) in [4.78, 5) is 0. The van der Waals surface area contributed by atoms with Gasteiger partial charge in [0.25, 0.3) is 0 Å². The second-order valence-corrected chi connectivity index (χ2v) is 4.67. The second-order valence-electron chi connectivity index (χ2n) is 4.67. The molecular weight excluding hydrogens is 271 g/mol. The maximum absolute atomic E-state index is 14.1. The molecule has 3 rings (SSSR count). The van der Waals surface area contributed by atoms with Crippen LogP contribution >= 0.6 is 0 Å². The Morgan fingerprint density at radius 3 is 2.67 bits per heavy atom. The van der Waals surface area contributed by atoms with Crippen LogP contribution in [0.2, 0.25) is 0 Å². The number of nitrogens with two attached hydrogens (primary N) is 1. The number of allylic oxidation sites excluding steroid dienone is 1. The molecule has 1 heterocycles. The van der Waals surface area contributed by atoms with Crippen molar-refractivity contribution in [3.63, 3.8) is 0 Å². The Balaban J connectivity index is 2.27. The summed E-state index contributed by atoms with van der Waals surface area (Å²) >= 11 is 0. The third-order valence-electron chi connectivity index (χ3n) is 3.42. The fourth-order valence-electron chi connectivity index (χ4n) is 2.47. The summed E-state index contributed by atoms with van der Waals surface area (Å²) in [6.07, 6.45) is 0. The summed E-state index contributed by atoms with van der Waals surface area (Å²) in [5.41, 5.74) is 6.84. The number of phenols is 1. The molecule has 5 heteroatoms. The van der Waals surface area contributed by atoms with Crippen LogP contribution in [-0.4, -0.2) is 5.11 Å². The zero-order chi connectivity index (χ0) is 15.0. The Kier molecular flexibility index (Phi) is 2.99. The van der Waals surface area contributed by atoms with E-state index in [2.05, 4.69) is 0 Å². The van der Waals surface area contributed by atoms with Gasteiger partial charge in [-0.2, -0.15) is 5.26 Å². The van der Waals surface area contributed by atoms with Gasteiger partial charge in [-0.3, -0.25) is 0 Å². The highest BCUT2D eigenvalue weighted by atomic mass is 19.1. The number of nitriles is 1. The molecule has 0 aromatic heterocycles. The standard InChI is InChI=1S/C16H11FN2O2/c17-13-4-2-1-3-10(13)15-11-6-5-9(20)7-14(11)21-16(19)12(15)8-18/h1-7,15,20H,19H2. The number of aromatic hydroxyl groups is 1. The summed E-state index contributed by atoms with van der Waals surface area (Å²) in [6, 6.07) is 12.7. The van der Waals surface area contributed by atoms with Crippen molar-refractivity contribution in [1.29, 1.82) is 5.26 Å². The number of nitrogens with zero attached hydrogens (tertiary/aromatic N) is 1. The number of fused-ring (bicyclic) bond motifs is 1. The van der Waals surface area contributed by atoms with Crippen molar-refractivity contribution >= 4 is 0 Å². The molecule has 21 heavy (non-hydrogen) atoms. The first-order valence-corrected chi connectivity index (χ1v) is 6.26. The Labute approximate surface area is 120 Å². The summed E-state index contributed by atoms with van der Waals surface area (Å²) in [5, 5.41) is 18.9. The highest BCUT2D eigenvalue weighted by Crippen LogP contribution is 2.43. The van der Waals surface area contributed by atoms with Gasteiger partial charge in [-0.15, -0.1) is 0 Å². The number of benzene rings is 2. The normalized spacial score (nSPS) is 16.9. The van der Waals surface area contributed by atoms with Crippen molar-refractivity contribution in [2.75, 3.05) is 0 Å². The molecule has 0 saturated carbocycles. The van der Waals surface area contributed by atoms with E-state index in [-0.39, 0.29) is 17.2 Å². The highest BCUT2D eigenvalue weighted by Gasteiger charge is 2.32. The molecule has 104 valence electrons. The fraction of sp³-hybridized carbons (Fsp3) is 0.0625. The van der Waals surface area contributed by atoms with E-state index in [1.54, 1.807) is 24.3 Å². The van der Waals surface area contributed by atoms with E-state index >= 15 is 0 Å². The maximum Gasteiger partial charge on any atom is 0.205 e. The number of rotatable bonds is 1. The van der Waals surface area contributed by atoms with Crippen LogP contribution in [0.1, 0.15) is 17.0 Å². The quantitative estimate of drug-likeness (QED) is 0.843. The molecule has 0 bridgehead atoms. The van der Waals surface area contributed by atoms with E-state index in [4.69, 9.17) is 10.5 Å². The van der Waals surface area contributed by atoms with Crippen molar-refractivity contribution in [1.82, 2.24) is 0 Å². The number of ether oxygens (including phenoxy) is 1. The van der Waals surface area contributed by atoms with Crippen LogP contribution in [0, 0.1) is 17.1 Å². The van der Waals surface area contributed by atoms with Crippen LogP contribution in [0.4, 0.5) is 4.39 Å². The lowest BCUT2D eigenvalue weighted by molar-refractivity contribution is 0.387. The minimum atomic E-state index is -0.652. The van der Waals surface area contributed by atoms with Crippen LogP contribution in [-0.2, 0) is 0 Å². The summed E-state index contributed by atoms with van der Waals surface area (Å²) in [5.74, 6) is -0.831. The summed E-state index contributed by atoms with van der Waals surface area (Å²) in [7, 11) is 0. The largest absolute Gasteiger partial charge is 0.508 e. The number of halogens is 1. The van der Waals surface area contributed by atoms with Crippen LogP contribution in [0.5, 0.6) is 11.5 Å². The minimum absolute atomic E-state index is 0.00856. The van der Waals surface area contributed by atoms with Gasteiger partial charge in [-0.1, -0.05) is 24.3 Å². The molecule has 0 spiro atoms. The molecule has 1 unspecified atom stereocenters. The highest BCUT2D eigenvalue weighted by molar-refractivity contribution is 5.57. The van der Waals surface area contributed by atoms with Crippen molar-refractivity contribution in [2.45, 2.75) is 5.92 Å². The van der Waals surface area contributed by atoms with Gasteiger partial charge >= 0.3 is 0 Å². The Bertz CT molecular complexity index is 793. The molecule has 0 aliphatic carbocycles. The van der Waals surface area contributed by atoms with E-state index in [1.807, 2.05) is 6.07 Å². The van der Waals surface area contributed by atoms with Gasteiger partial charge in [-0.25, -0.2) is 4.39 Å². The van der Waals surface area contributed by atoms with E-state index < -0.39 is 11.7 Å². The van der Waals surface area contributed by atoms with Gasteiger partial charge in [0, 0.05) is 17.2 Å². The van der Waals surface area contributed by atoms with Crippen molar-refractivity contribution in [3.05, 3.63) is 70.9 Å². The third-order valence-corrected chi connectivity index (χ3v) is 3.42. The molecule has 1 aliphatic heterocycles. The molecule has 2 aromatic carbocycles. The first kappa shape index (κ1) is 13.0. The fourth-order valence-corrected chi connectivity index (χ4v) is 2.47. The molecule has 0 saturated heterocycles. The summed E-state index contributed by atoms with van der Waals surface area (Å²) < 4.78 is 19.5. The van der Waals surface area contributed by atoms with E-state index in [1.165, 1.54) is 18.2 Å². The molecular formula is C16H11FN2O2. The van der Waals surface area contributed by atoms with E-state index in [0.29, 0.717) is 16.9 Å². The van der Waals surface area contributed by atoms with Gasteiger partial charge < -0.3 is 15.6 Å². The summed E-state index contributed by atoms with van der Waals surface area (Å²) in [6.45, 7) is 0. The number of hydrogen-bond donors (Lipinski definition) is 2. The lowest BCUT2D eigenvalue weighted by Gasteiger charge is -2.26. The van der Waals surface area contributed by atoms with Gasteiger partial charge in [-0.05, 0) is 12.1 Å². The average Bonchev–Trinajstić information content (AvgIpc) is 2.46. The zero-order valence-corrected chi connectivity index (χ0v) is 10.9. The van der Waals surface area contributed by atoms with Crippen molar-refractivity contribution in [2.24, 2.45) is 5.73 Å². The predicted molar refractivity (Wildman–Crippen MR) is 73.8 cm³/mol. The van der Waals surface area contributed by atoms with E-state index in [0.717, 1.165) is 0 Å². The zero-order valence-electron chi connectivity index (χ0n) is 10.9. The van der Waals surface area contributed by atoms with Gasteiger partial charge in [0.15, 0.2) is 0 Å². The number of phenolic OH excluding ortho intramolecular Hbond substituents is 1. The first-order valence-electron chi connectivity index (χ1n) is 6.26. The molecule has 2 aromatic rings. The van der Waals surface area contributed by atoms with Gasteiger partial charge in [0.05, 0.1) is 5.92 Å². The van der Waals surface area contributed by atoms with Gasteiger partial charge in [0.1, 0.15) is 29.0 Å². The van der Waals surface area contributed by atoms with Crippen LogP contribution in [0.25, 0.3) is 0 Å². The molecule has 0 fully saturated rings. The van der Waals surface area contributed by atoms with E-state index in [9.17, 15) is 14.8 Å². The Morgan fingerprint density at radius 1 is 1.19 bits per heavy atom. The molecule has 3 N–H and O–H groups in total. The van der Waals surface area contributed by atoms with Crippen molar-refractivity contribution in [3.8, 4) is 17.6 Å². The molecule has 0 amide bonds. The van der Waals surface area contributed by atoms with Gasteiger partial charge in [0.2, 0.25) is 5.88 Å². The number of hydrogen-bond acceptors (Lipinski definition) is 4. The lowest BCUT2D eigenvalue weighted by Crippen LogP contribution is -2.21. The first-order chi connectivity index (χ1) is 10.1. The van der Waals surface area contributed by atoms with Crippen LogP contribution in [0.3, 0.4) is 0 Å². The van der Waals surface area contributed by atoms with Crippen molar-refractivity contribution < 1.29 is 14.2 Å². The molecule has 1 atom stereocenters. The minimum Gasteiger partial charge on any atom is -0.508 e.